The van der Waals surface area contributed by atoms with Crippen LogP contribution in [0.2, 0.25) is 0 Å². The summed E-state index contributed by atoms with van der Waals surface area (Å²) in [5.41, 5.74) is 2.91. The van der Waals surface area contributed by atoms with Crippen molar-refractivity contribution in [3.63, 3.8) is 0 Å². The van der Waals surface area contributed by atoms with Crippen LogP contribution in [0.5, 0.6) is 0 Å². The molecule has 0 aromatic heterocycles. The van der Waals surface area contributed by atoms with Crippen molar-refractivity contribution in [2.24, 2.45) is 5.92 Å². The van der Waals surface area contributed by atoms with E-state index in [0.29, 0.717) is 23.7 Å². The molecule has 7 heteroatoms. The van der Waals surface area contributed by atoms with Crippen LogP contribution >= 0.6 is 12.2 Å². The Kier molecular flexibility index (Phi) is 7.57. The van der Waals surface area contributed by atoms with Gasteiger partial charge in [0.15, 0.2) is 5.11 Å². The molecular weight excluding hydrogens is 374 g/mol. The van der Waals surface area contributed by atoms with E-state index in [4.69, 9.17) is 17.0 Å². The maximum absolute atomic E-state index is 12.8. The van der Waals surface area contributed by atoms with Gasteiger partial charge < -0.3 is 20.3 Å². The Morgan fingerprint density at radius 3 is 2.50 bits per heavy atom. The molecule has 1 aromatic carbocycles. The summed E-state index contributed by atoms with van der Waals surface area (Å²) >= 11 is 5.41. The smallest absolute Gasteiger partial charge is 0.338 e. The molecule has 1 heterocycles. The second-order valence-electron chi connectivity index (χ2n) is 7.35. The first-order valence-electron chi connectivity index (χ1n) is 9.56. The lowest BCUT2D eigenvalue weighted by molar-refractivity contribution is -0.140. The van der Waals surface area contributed by atoms with E-state index in [-0.39, 0.29) is 17.8 Å². The zero-order chi connectivity index (χ0) is 20.8. The second-order valence-corrected chi connectivity index (χ2v) is 7.74. The Morgan fingerprint density at radius 1 is 1.29 bits per heavy atom. The number of nitrogens with zero attached hydrogens (tertiary/aromatic N) is 1. The number of hydrogen-bond acceptors (Lipinski definition) is 4. The van der Waals surface area contributed by atoms with Gasteiger partial charge in [-0.1, -0.05) is 32.9 Å². The fourth-order valence-corrected chi connectivity index (χ4v) is 3.13. The van der Waals surface area contributed by atoms with Crippen molar-refractivity contribution in [2.75, 3.05) is 19.0 Å². The van der Waals surface area contributed by atoms with Gasteiger partial charge in [0.05, 0.1) is 18.2 Å². The van der Waals surface area contributed by atoms with E-state index in [9.17, 15) is 9.59 Å². The molecule has 2 N–H and O–H groups in total. The molecule has 1 aliphatic heterocycles. The third-order valence-corrected chi connectivity index (χ3v) is 4.92. The van der Waals surface area contributed by atoms with Crippen LogP contribution in [0.15, 0.2) is 35.5 Å². The van der Waals surface area contributed by atoms with Crippen LogP contribution in [0.4, 0.5) is 5.69 Å². The number of carbonyl (C=O) groups excluding carboxylic acids is 2. The van der Waals surface area contributed by atoms with Crippen LogP contribution in [0.1, 0.15) is 52.1 Å². The van der Waals surface area contributed by atoms with Gasteiger partial charge in [0, 0.05) is 24.9 Å². The van der Waals surface area contributed by atoms with Crippen LogP contribution in [0.25, 0.3) is 0 Å². The predicted molar refractivity (Wildman–Crippen MR) is 115 cm³/mol. The minimum Gasteiger partial charge on any atom is -0.462 e. The molecule has 0 bridgehead atoms. The molecule has 1 aromatic rings. The lowest BCUT2D eigenvalue weighted by atomic mass is 9.95. The van der Waals surface area contributed by atoms with E-state index in [1.54, 1.807) is 4.90 Å². The summed E-state index contributed by atoms with van der Waals surface area (Å²) in [5, 5.41) is 6.64. The van der Waals surface area contributed by atoms with Crippen LogP contribution in [0, 0.1) is 5.92 Å². The highest BCUT2D eigenvalue weighted by Gasteiger charge is 2.33. The number of carbonyl (C=O) groups is 2. The Morgan fingerprint density at radius 2 is 1.93 bits per heavy atom. The summed E-state index contributed by atoms with van der Waals surface area (Å²) in [6.07, 6.45) is 1.28. The molecule has 0 aliphatic carbocycles. The summed E-state index contributed by atoms with van der Waals surface area (Å²) in [4.78, 5) is 26.3. The van der Waals surface area contributed by atoms with Gasteiger partial charge in [0.1, 0.15) is 0 Å². The van der Waals surface area contributed by atoms with Gasteiger partial charge in [-0.05, 0) is 49.2 Å². The Bertz CT molecular complexity index is 772. The molecule has 0 spiro atoms. The largest absolute Gasteiger partial charge is 0.462 e. The molecular formula is C21H29N3O3S. The van der Waals surface area contributed by atoms with E-state index in [1.165, 1.54) is 0 Å². The minimum absolute atomic E-state index is 0.0115. The number of allylic oxidation sites excluding steroid dienone is 1. The lowest BCUT2D eigenvalue weighted by Crippen LogP contribution is -2.46. The SMILES string of the molecule is CCCC(=O)Nc1ccc(C2NC(=S)N(C)C(C)=C2C(=O)OCC(C)C)cc1. The van der Waals surface area contributed by atoms with Crippen molar-refractivity contribution in [1.29, 1.82) is 0 Å². The fourth-order valence-electron chi connectivity index (χ4n) is 2.88. The maximum atomic E-state index is 12.8. The van der Waals surface area contributed by atoms with E-state index in [1.807, 2.05) is 59.0 Å². The number of nitrogens with one attached hydrogen (secondary N) is 2. The van der Waals surface area contributed by atoms with Crippen molar-refractivity contribution in [1.82, 2.24) is 10.2 Å². The number of amides is 1. The van der Waals surface area contributed by atoms with Gasteiger partial charge in [0.25, 0.3) is 0 Å². The van der Waals surface area contributed by atoms with Gasteiger partial charge in [-0.2, -0.15) is 0 Å². The first-order valence-corrected chi connectivity index (χ1v) is 9.97. The molecule has 152 valence electrons. The molecule has 1 atom stereocenters. The topological polar surface area (TPSA) is 70.7 Å². The molecule has 28 heavy (non-hydrogen) atoms. The summed E-state index contributed by atoms with van der Waals surface area (Å²) in [6, 6.07) is 7.03. The number of hydrogen-bond donors (Lipinski definition) is 2. The van der Waals surface area contributed by atoms with Gasteiger partial charge in [-0.3, -0.25) is 4.79 Å². The Labute approximate surface area is 172 Å². The van der Waals surface area contributed by atoms with E-state index >= 15 is 0 Å². The average Bonchev–Trinajstić information content (AvgIpc) is 2.64. The van der Waals surface area contributed by atoms with Gasteiger partial charge in [0.2, 0.25) is 5.91 Å². The zero-order valence-corrected chi connectivity index (χ0v) is 18.0. The van der Waals surface area contributed by atoms with Crippen LogP contribution in [-0.4, -0.2) is 35.5 Å². The fraction of sp³-hybridized carbons (Fsp3) is 0.476. The summed E-state index contributed by atoms with van der Waals surface area (Å²) in [7, 11) is 1.82. The first-order chi connectivity index (χ1) is 13.2. The normalized spacial score (nSPS) is 16.9. The first kappa shape index (κ1) is 21.9. The number of esters is 1. The third-order valence-electron chi connectivity index (χ3n) is 4.53. The van der Waals surface area contributed by atoms with Crippen molar-refractivity contribution in [3.05, 3.63) is 41.1 Å². The number of ether oxygens (including phenoxy) is 1. The van der Waals surface area contributed by atoms with Crippen LogP contribution in [-0.2, 0) is 14.3 Å². The van der Waals surface area contributed by atoms with E-state index in [2.05, 4.69) is 10.6 Å². The quantitative estimate of drug-likeness (QED) is 0.534. The summed E-state index contributed by atoms with van der Waals surface area (Å²) in [6.45, 7) is 8.19. The highest BCUT2D eigenvalue weighted by Crippen LogP contribution is 2.31. The molecule has 1 amide bonds. The van der Waals surface area contributed by atoms with Crippen molar-refractivity contribution in [3.8, 4) is 0 Å². The number of benzene rings is 1. The zero-order valence-electron chi connectivity index (χ0n) is 17.2. The maximum Gasteiger partial charge on any atom is 0.338 e. The average molecular weight is 404 g/mol. The van der Waals surface area contributed by atoms with E-state index < -0.39 is 6.04 Å². The van der Waals surface area contributed by atoms with Crippen LogP contribution in [0.3, 0.4) is 0 Å². The number of thiocarbonyl (C=S) groups is 1. The number of rotatable bonds is 7. The summed E-state index contributed by atoms with van der Waals surface area (Å²) in [5.74, 6) is -0.106. The molecule has 0 radical (unpaired) electrons. The Balaban J connectivity index is 2.28. The van der Waals surface area contributed by atoms with Gasteiger partial charge >= 0.3 is 5.97 Å². The van der Waals surface area contributed by atoms with Crippen molar-refractivity contribution in [2.45, 2.75) is 46.6 Å². The van der Waals surface area contributed by atoms with Crippen molar-refractivity contribution >= 4 is 34.9 Å². The predicted octanol–water partition coefficient (Wildman–Crippen LogP) is 3.76. The highest BCUT2D eigenvalue weighted by atomic mass is 32.1. The highest BCUT2D eigenvalue weighted by molar-refractivity contribution is 7.80. The third kappa shape index (κ3) is 5.32. The molecule has 0 fully saturated rings. The minimum atomic E-state index is -0.399. The Hall–Kier alpha value is -2.41. The summed E-state index contributed by atoms with van der Waals surface area (Å²) < 4.78 is 5.49. The number of anilines is 1. The van der Waals surface area contributed by atoms with E-state index in [0.717, 1.165) is 23.4 Å². The lowest BCUT2D eigenvalue weighted by Gasteiger charge is -2.35. The second kappa shape index (κ2) is 9.68. The van der Waals surface area contributed by atoms with Gasteiger partial charge in [-0.25, -0.2) is 4.79 Å². The molecule has 1 aliphatic rings. The monoisotopic (exact) mass is 403 g/mol. The molecule has 1 unspecified atom stereocenters. The molecule has 0 saturated heterocycles. The van der Waals surface area contributed by atoms with Crippen molar-refractivity contribution < 1.29 is 14.3 Å². The van der Waals surface area contributed by atoms with Crippen LogP contribution < -0.4 is 10.6 Å². The molecule has 6 nitrogen and oxygen atoms in total. The standard InChI is InChI=1S/C21H29N3O3S/c1-6-7-17(25)22-16-10-8-15(9-11-16)19-18(20(26)27-12-13(2)3)14(4)24(5)21(28)23-19/h8-11,13,19H,6-7,12H2,1-5H3,(H,22,25)(H,23,28). The van der Waals surface area contributed by atoms with Gasteiger partial charge in [-0.15, -0.1) is 0 Å². The molecule has 2 rings (SSSR count). The molecule has 0 saturated carbocycles.